The Morgan fingerprint density at radius 3 is 1.91 bits per heavy atom. The molecule has 0 aliphatic carbocycles. The minimum Gasteiger partial charge on any atom is -0.508 e. The molecule has 1 amide bonds. The average Bonchev–Trinajstić information content (AvgIpc) is 2.46. The summed E-state index contributed by atoms with van der Waals surface area (Å²) in [4.78, 5) is 11.8. The molecule has 0 aliphatic rings. The maximum absolute atomic E-state index is 11.8. The molecular weight excluding hydrogens is 308 g/mol. The first-order valence-corrected chi connectivity index (χ1v) is 6.13. The van der Waals surface area contributed by atoms with Crippen molar-refractivity contribution in [2.24, 2.45) is 5.10 Å². The van der Waals surface area contributed by atoms with E-state index in [1.165, 1.54) is 0 Å². The number of phenols is 6. The number of rotatable bonds is 3. The number of hydrogen-bond acceptors (Lipinski definition) is 8. The molecule has 2 rings (SSSR count). The smallest absolute Gasteiger partial charge is 0.271 e. The van der Waals surface area contributed by atoms with Gasteiger partial charge in [-0.1, -0.05) is 0 Å². The summed E-state index contributed by atoms with van der Waals surface area (Å²) in [6.45, 7) is 0. The molecule has 2 aromatic carbocycles. The second-order valence-electron chi connectivity index (χ2n) is 4.46. The normalized spacial score (nSPS) is 10.8. The van der Waals surface area contributed by atoms with E-state index in [0.717, 1.165) is 30.5 Å². The van der Waals surface area contributed by atoms with E-state index in [1.807, 2.05) is 5.43 Å². The van der Waals surface area contributed by atoms with Crippen LogP contribution in [0.1, 0.15) is 15.9 Å². The standard InChI is InChI=1S/C14H12N2O7/c17-7-3-9(18)8(10(19)4-7)5-15-16-14(23)6-1-11(20)13(22)12(21)2-6/h1-5,17-22H,(H,16,23)/b15-5+. The SMILES string of the molecule is O=C(N/N=C/c1c(O)cc(O)cc1O)c1cc(O)c(O)c(O)c1. The van der Waals surface area contributed by atoms with Crippen molar-refractivity contribution in [3.8, 4) is 34.5 Å². The van der Waals surface area contributed by atoms with Gasteiger partial charge in [0.1, 0.15) is 17.2 Å². The van der Waals surface area contributed by atoms with Crippen LogP contribution in [0.5, 0.6) is 34.5 Å². The maximum atomic E-state index is 11.8. The largest absolute Gasteiger partial charge is 0.508 e. The number of hydrogen-bond donors (Lipinski definition) is 7. The van der Waals surface area contributed by atoms with E-state index in [9.17, 15) is 30.3 Å². The minimum absolute atomic E-state index is 0.139. The fourth-order valence-corrected chi connectivity index (χ4v) is 1.70. The van der Waals surface area contributed by atoms with Gasteiger partial charge in [0.2, 0.25) is 0 Å². The van der Waals surface area contributed by atoms with Crippen molar-refractivity contribution in [1.29, 1.82) is 0 Å². The van der Waals surface area contributed by atoms with Crippen LogP contribution in [0.3, 0.4) is 0 Å². The van der Waals surface area contributed by atoms with Crippen molar-refractivity contribution < 1.29 is 35.4 Å². The Bertz CT molecular complexity index is 756. The lowest BCUT2D eigenvalue weighted by molar-refractivity contribution is 0.0954. The van der Waals surface area contributed by atoms with E-state index in [1.54, 1.807) is 0 Å². The first-order valence-electron chi connectivity index (χ1n) is 6.13. The monoisotopic (exact) mass is 320 g/mol. The molecule has 23 heavy (non-hydrogen) atoms. The van der Waals surface area contributed by atoms with E-state index < -0.39 is 34.7 Å². The molecule has 0 fully saturated rings. The molecule has 0 heterocycles. The van der Waals surface area contributed by atoms with E-state index in [4.69, 9.17) is 5.11 Å². The van der Waals surface area contributed by atoms with Crippen LogP contribution in [0.15, 0.2) is 29.4 Å². The van der Waals surface area contributed by atoms with Gasteiger partial charge in [-0.05, 0) is 12.1 Å². The van der Waals surface area contributed by atoms with Crippen LogP contribution in [0.4, 0.5) is 0 Å². The van der Waals surface area contributed by atoms with Gasteiger partial charge >= 0.3 is 0 Å². The van der Waals surface area contributed by atoms with Crippen molar-refractivity contribution in [3.05, 3.63) is 35.4 Å². The predicted octanol–water partition coefficient (Wildman–Crippen LogP) is 0.684. The van der Waals surface area contributed by atoms with Gasteiger partial charge < -0.3 is 30.6 Å². The molecule has 0 radical (unpaired) electrons. The Balaban J connectivity index is 2.16. The summed E-state index contributed by atoms with van der Waals surface area (Å²) in [5, 5.41) is 59.5. The van der Waals surface area contributed by atoms with Gasteiger partial charge in [0.15, 0.2) is 17.2 Å². The molecular formula is C14H12N2O7. The van der Waals surface area contributed by atoms with Gasteiger partial charge in [0.05, 0.1) is 11.8 Å². The summed E-state index contributed by atoms with van der Waals surface area (Å²) in [5.41, 5.74) is 1.71. The Labute approximate surface area is 129 Å². The fraction of sp³-hybridized carbons (Fsp3) is 0. The number of aromatic hydroxyl groups is 6. The molecule has 0 saturated carbocycles. The van der Waals surface area contributed by atoms with E-state index >= 15 is 0 Å². The zero-order valence-electron chi connectivity index (χ0n) is 11.4. The van der Waals surface area contributed by atoms with E-state index in [2.05, 4.69) is 5.10 Å². The summed E-state index contributed by atoms with van der Waals surface area (Å²) >= 11 is 0. The molecule has 0 spiro atoms. The number of carbonyl (C=O) groups is 1. The summed E-state index contributed by atoms with van der Waals surface area (Å²) in [6, 6.07) is 3.77. The van der Waals surface area contributed by atoms with Crippen molar-refractivity contribution in [3.63, 3.8) is 0 Å². The quantitative estimate of drug-likeness (QED) is 0.248. The molecule has 7 N–H and O–H groups in total. The first-order chi connectivity index (χ1) is 10.8. The van der Waals surface area contributed by atoms with Crippen LogP contribution in [0.25, 0.3) is 0 Å². The highest BCUT2D eigenvalue weighted by Gasteiger charge is 2.13. The molecule has 9 nitrogen and oxygen atoms in total. The van der Waals surface area contributed by atoms with E-state index in [-0.39, 0.29) is 16.9 Å². The highest BCUT2D eigenvalue weighted by atomic mass is 16.3. The van der Waals surface area contributed by atoms with E-state index in [0.29, 0.717) is 0 Å². The molecule has 0 atom stereocenters. The van der Waals surface area contributed by atoms with Crippen LogP contribution < -0.4 is 5.43 Å². The molecule has 0 saturated heterocycles. The zero-order chi connectivity index (χ0) is 17.1. The highest BCUT2D eigenvalue weighted by molar-refractivity contribution is 5.96. The van der Waals surface area contributed by atoms with Crippen LogP contribution in [0.2, 0.25) is 0 Å². The lowest BCUT2D eigenvalue weighted by Gasteiger charge is -2.05. The van der Waals surface area contributed by atoms with Gasteiger partial charge in [0.25, 0.3) is 5.91 Å². The Kier molecular flexibility index (Phi) is 4.12. The van der Waals surface area contributed by atoms with Crippen LogP contribution in [-0.2, 0) is 0 Å². The third-order valence-electron chi connectivity index (χ3n) is 2.81. The molecule has 0 bridgehead atoms. The van der Waals surface area contributed by atoms with Gasteiger partial charge in [-0.3, -0.25) is 4.79 Å². The predicted molar refractivity (Wildman–Crippen MR) is 77.9 cm³/mol. The fourth-order valence-electron chi connectivity index (χ4n) is 1.70. The van der Waals surface area contributed by atoms with Crippen LogP contribution in [-0.4, -0.2) is 42.8 Å². The van der Waals surface area contributed by atoms with Gasteiger partial charge in [-0.2, -0.15) is 5.10 Å². The third kappa shape index (κ3) is 3.35. The summed E-state index contributed by atoms with van der Waals surface area (Å²) < 4.78 is 0. The second-order valence-corrected chi connectivity index (χ2v) is 4.46. The Morgan fingerprint density at radius 1 is 0.870 bits per heavy atom. The molecule has 9 heteroatoms. The number of amides is 1. The summed E-state index contributed by atoms with van der Waals surface area (Å²) in [7, 11) is 0. The molecule has 0 aromatic heterocycles. The zero-order valence-corrected chi connectivity index (χ0v) is 11.4. The van der Waals surface area contributed by atoms with Crippen molar-refractivity contribution in [1.82, 2.24) is 5.43 Å². The van der Waals surface area contributed by atoms with Gasteiger partial charge in [-0.25, -0.2) is 5.43 Å². The van der Waals surface area contributed by atoms with Crippen LogP contribution in [0, 0.1) is 0 Å². The molecule has 0 unspecified atom stereocenters. The number of nitrogens with zero attached hydrogens (tertiary/aromatic N) is 1. The number of hydrazone groups is 1. The molecule has 0 aliphatic heterocycles. The van der Waals surface area contributed by atoms with Crippen LogP contribution >= 0.6 is 0 Å². The Morgan fingerprint density at radius 2 is 1.39 bits per heavy atom. The summed E-state index contributed by atoms with van der Waals surface area (Å²) in [6.07, 6.45) is 0.933. The summed E-state index contributed by atoms with van der Waals surface area (Å²) in [5.74, 6) is -4.23. The van der Waals surface area contributed by atoms with Crippen molar-refractivity contribution >= 4 is 12.1 Å². The number of phenolic OH excluding ortho intramolecular Hbond substituents is 6. The maximum Gasteiger partial charge on any atom is 0.271 e. The topological polar surface area (TPSA) is 163 Å². The van der Waals surface area contributed by atoms with Gasteiger partial charge in [-0.15, -0.1) is 0 Å². The van der Waals surface area contributed by atoms with Crippen molar-refractivity contribution in [2.75, 3.05) is 0 Å². The number of benzene rings is 2. The second kappa shape index (κ2) is 6.02. The van der Waals surface area contributed by atoms with Crippen molar-refractivity contribution in [2.45, 2.75) is 0 Å². The first kappa shape index (κ1) is 15.8. The number of nitrogens with one attached hydrogen (secondary N) is 1. The Hall–Kier alpha value is -3.62. The average molecular weight is 320 g/mol. The minimum atomic E-state index is -0.829. The lowest BCUT2D eigenvalue weighted by atomic mass is 10.1. The lowest BCUT2D eigenvalue weighted by Crippen LogP contribution is -2.17. The third-order valence-corrected chi connectivity index (χ3v) is 2.81. The molecule has 120 valence electrons. The highest BCUT2D eigenvalue weighted by Crippen LogP contribution is 2.35. The number of carbonyl (C=O) groups excluding carboxylic acids is 1. The molecule has 2 aromatic rings. The van der Waals surface area contributed by atoms with Gasteiger partial charge in [0, 0.05) is 17.7 Å².